The van der Waals surface area contributed by atoms with Gasteiger partial charge in [0.1, 0.15) is 0 Å². The van der Waals surface area contributed by atoms with Gasteiger partial charge in [-0.15, -0.1) is 0 Å². The van der Waals surface area contributed by atoms with Crippen LogP contribution in [0.25, 0.3) is 5.69 Å². The first-order valence-electron chi connectivity index (χ1n) is 7.67. The fourth-order valence-electron chi connectivity index (χ4n) is 2.27. The molecule has 3 aromatic rings. The quantitative estimate of drug-likeness (QED) is 0.622. The van der Waals surface area contributed by atoms with Gasteiger partial charge in [-0.1, -0.05) is 12.1 Å². The van der Waals surface area contributed by atoms with Gasteiger partial charge in [0.05, 0.1) is 10.6 Å². The highest BCUT2D eigenvalue weighted by molar-refractivity contribution is 8.00. The molecule has 142 valence electrons. The first-order chi connectivity index (χ1) is 12.7. The van der Waals surface area contributed by atoms with E-state index in [1.54, 1.807) is 47.4 Å². The summed E-state index contributed by atoms with van der Waals surface area (Å²) >= 11 is -0.292. The van der Waals surface area contributed by atoms with Crippen LogP contribution in [-0.2, 0) is 16.6 Å². The SMILES string of the molecule is O=S(=O)(NCc1ccc(-n2cccn2)cc1)c1ccc(SC(F)(F)F)cc1. The van der Waals surface area contributed by atoms with E-state index in [2.05, 4.69) is 9.82 Å². The van der Waals surface area contributed by atoms with Crippen LogP contribution in [0.2, 0.25) is 0 Å². The van der Waals surface area contributed by atoms with E-state index in [9.17, 15) is 21.6 Å². The largest absolute Gasteiger partial charge is 0.446 e. The molecule has 1 N–H and O–H groups in total. The molecule has 0 aliphatic rings. The van der Waals surface area contributed by atoms with Crippen molar-refractivity contribution in [2.24, 2.45) is 0 Å². The second-order valence-corrected chi connectivity index (χ2v) is 8.37. The molecule has 5 nitrogen and oxygen atoms in total. The van der Waals surface area contributed by atoms with Crippen molar-refractivity contribution in [3.05, 3.63) is 72.6 Å². The smallest absolute Gasteiger partial charge is 0.241 e. The topological polar surface area (TPSA) is 64.0 Å². The Balaban J connectivity index is 1.64. The molecule has 0 radical (unpaired) electrons. The average Bonchev–Trinajstić information content (AvgIpc) is 3.14. The predicted octanol–water partition coefficient (Wildman–Crippen LogP) is 3.96. The Kier molecular flexibility index (Phi) is 5.59. The van der Waals surface area contributed by atoms with Crippen LogP contribution in [0.3, 0.4) is 0 Å². The molecule has 0 amide bonds. The van der Waals surface area contributed by atoms with Crippen LogP contribution in [0.4, 0.5) is 13.2 Å². The normalized spacial score (nSPS) is 12.3. The highest BCUT2D eigenvalue weighted by atomic mass is 32.2. The summed E-state index contributed by atoms with van der Waals surface area (Å²) in [5.41, 5.74) is -2.84. The van der Waals surface area contributed by atoms with Crippen LogP contribution in [0.5, 0.6) is 0 Å². The third-order valence-corrected chi connectivity index (χ3v) is 5.70. The van der Waals surface area contributed by atoms with Gasteiger partial charge in [-0.2, -0.15) is 18.3 Å². The maximum Gasteiger partial charge on any atom is 0.446 e. The van der Waals surface area contributed by atoms with Gasteiger partial charge in [0.15, 0.2) is 0 Å². The van der Waals surface area contributed by atoms with Crippen molar-refractivity contribution in [1.82, 2.24) is 14.5 Å². The van der Waals surface area contributed by atoms with Crippen LogP contribution >= 0.6 is 11.8 Å². The fourth-order valence-corrected chi connectivity index (χ4v) is 3.83. The molecule has 0 aliphatic heterocycles. The molecular formula is C17H14F3N3O2S2. The predicted molar refractivity (Wildman–Crippen MR) is 95.9 cm³/mol. The molecular weight excluding hydrogens is 399 g/mol. The summed E-state index contributed by atoms with van der Waals surface area (Å²) in [4.78, 5) is -0.169. The van der Waals surface area contributed by atoms with Crippen LogP contribution in [-0.4, -0.2) is 23.7 Å². The summed E-state index contributed by atoms with van der Waals surface area (Å²) in [6.45, 7) is 0.0563. The molecule has 3 rings (SSSR count). The number of sulfonamides is 1. The van der Waals surface area contributed by atoms with E-state index in [1.807, 2.05) is 0 Å². The van der Waals surface area contributed by atoms with Crippen molar-refractivity contribution in [2.75, 3.05) is 0 Å². The summed E-state index contributed by atoms with van der Waals surface area (Å²) < 4.78 is 65.7. The molecule has 1 heterocycles. The van der Waals surface area contributed by atoms with Gasteiger partial charge in [-0.25, -0.2) is 17.8 Å². The first kappa shape index (κ1) is 19.5. The summed E-state index contributed by atoms with van der Waals surface area (Å²) in [6.07, 6.45) is 3.44. The molecule has 0 bridgehead atoms. The highest BCUT2D eigenvalue weighted by Crippen LogP contribution is 2.36. The number of aromatic nitrogens is 2. The molecule has 0 fully saturated rings. The molecule has 0 saturated heterocycles. The highest BCUT2D eigenvalue weighted by Gasteiger charge is 2.29. The lowest BCUT2D eigenvalue weighted by Crippen LogP contribution is -2.23. The lowest BCUT2D eigenvalue weighted by molar-refractivity contribution is -0.0328. The van der Waals surface area contributed by atoms with E-state index in [0.29, 0.717) is 0 Å². The lowest BCUT2D eigenvalue weighted by Gasteiger charge is -2.09. The summed E-state index contributed by atoms with van der Waals surface area (Å²) in [6, 6.07) is 13.5. The van der Waals surface area contributed by atoms with Gasteiger partial charge < -0.3 is 0 Å². The van der Waals surface area contributed by atoms with Gasteiger partial charge in [-0.05, 0) is 59.8 Å². The molecule has 10 heteroatoms. The Morgan fingerprint density at radius 2 is 1.70 bits per heavy atom. The van der Waals surface area contributed by atoms with Crippen molar-refractivity contribution in [2.45, 2.75) is 21.8 Å². The Labute approximate surface area is 158 Å². The molecule has 0 saturated carbocycles. The molecule has 0 spiro atoms. The van der Waals surface area contributed by atoms with Crippen molar-refractivity contribution in [3.8, 4) is 5.69 Å². The first-order valence-corrected chi connectivity index (χ1v) is 9.97. The molecule has 0 atom stereocenters. The Morgan fingerprint density at radius 1 is 1.04 bits per heavy atom. The number of nitrogens with zero attached hydrogens (tertiary/aromatic N) is 2. The van der Waals surface area contributed by atoms with Crippen molar-refractivity contribution < 1.29 is 21.6 Å². The van der Waals surface area contributed by atoms with Gasteiger partial charge in [0.25, 0.3) is 0 Å². The third kappa shape index (κ3) is 5.34. The van der Waals surface area contributed by atoms with Gasteiger partial charge >= 0.3 is 5.51 Å². The van der Waals surface area contributed by atoms with E-state index in [0.717, 1.165) is 35.5 Å². The van der Waals surface area contributed by atoms with Gasteiger partial charge in [-0.3, -0.25) is 0 Å². The van der Waals surface area contributed by atoms with E-state index < -0.39 is 15.5 Å². The second-order valence-electron chi connectivity index (χ2n) is 5.46. The Bertz CT molecular complexity index is 985. The van der Waals surface area contributed by atoms with E-state index in [1.165, 1.54) is 0 Å². The maximum absolute atomic E-state index is 12.3. The number of alkyl halides is 3. The number of nitrogens with one attached hydrogen (secondary N) is 1. The van der Waals surface area contributed by atoms with Crippen molar-refractivity contribution >= 4 is 21.8 Å². The van der Waals surface area contributed by atoms with Crippen LogP contribution < -0.4 is 4.72 Å². The molecule has 0 aliphatic carbocycles. The zero-order valence-corrected chi connectivity index (χ0v) is 15.4. The Morgan fingerprint density at radius 3 is 2.26 bits per heavy atom. The minimum atomic E-state index is -4.42. The lowest BCUT2D eigenvalue weighted by atomic mass is 10.2. The zero-order valence-electron chi connectivity index (χ0n) is 13.7. The van der Waals surface area contributed by atoms with E-state index in [4.69, 9.17) is 0 Å². The number of hydrogen-bond donors (Lipinski definition) is 1. The number of benzene rings is 2. The maximum atomic E-state index is 12.3. The molecule has 1 aromatic heterocycles. The van der Waals surface area contributed by atoms with Crippen LogP contribution in [0.15, 0.2) is 76.8 Å². The second kappa shape index (κ2) is 7.75. The van der Waals surface area contributed by atoms with Crippen LogP contribution in [0, 0.1) is 0 Å². The number of hydrogen-bond acceptors (Lipinski definition) is 4. The minimum absolute atomic E-state index is 0.0563. The summed E-state index contributed by atoms with van der Waals surface area (Å²) in [7, 11) is -3.83. The van der Waals surface area contributed by atoms with E-state index >= 15 is 0 Å². The number of rotatable bonds is 6. The van der Waals surface area contributed by atoms with Gasteiger partial charge in [0, 0.05) is 23.8 Å². The monoisotopic (exact) mass is 413 g/mol. The van der Waals surface area contributed by atoms with Crippen LogP contribution in [0.1, 0.15) is 5.56 Å². The summed E-state index contributed by atoms with van der Waals surface area (Å²) in [5.74, 6) is 0. The zero-order chi connectivity index (χ0) is 19.5. The summed E-state index contributed by atoms with van der Waals surface area (Å²) in [5, 5.41) is 4.10. The Hall–Kier alpha value is -2.30. The molecule has 2 aromatic carbocycles. The molecule has 0 unspecified atom stereocenters. The molecule has 27 heavy (non-hydrogen) atoms. The third-order valence-electron chi connectivity index (χ3n) is 3.54. The van der Waals surface area contributed by atoms with Crippen molar-refractivity contribution in [1.29, 1.82) is 0 Å². The minimum Gasteiger partial charge on any atom is -0.241 e. The fraction of sp³-hybridized carbons (Fsp3) is 0.118. The van der Waals surface area contributed by atoms with Gasteiger partial charge in [0.2, 0.25) is 10.0 Å². The van der Waals surface area contributed by atoms with Crippen molar-refractivity contribution in [3.63, 3.8) is 0 Å². The number of halogens is 3. The van der Waals surface area contributed by atoms with E-state index in [-0.39, 0.29) is 28.1 Å². The standard InChI is InChI=1S/C17H14F3N3O2S2/c18-17(19,20)26-15-6-8-16(9-7-15)27(24,25)22-12-13-2-4-14(5-3-13)23-11-1-10-21-23/h1-11,22H,12H2. The average molecular weight is 413 g/mol. The number of thioether (sulfide) groups is 1.